The van der Waals surface area contributed by atoms with Crippen molar-refractivity contribution in [3.8, 4) is 12.1 Å². The first-order chi connectivity index (χ1) is 7.17. The molecule has 0 aliphatic heterocycles. The number of hydrogen-bond donors (Lipinski definition) is 0. The van der Waals surface area contributed by atoms with Crippen molar-refractivity contribution < 1.29 is 4.92 Å². The van der Waals surface area contributed by atoms with Gasteiger partial charge in [0.05, 0.1) is 16.6 Å². The van der Waals surface area contributed by atoms with Crippen molar-refractivity contribution in [3.63, 3.8) is 0 Å². The summed E-state index contributed by atoms with van der Waals surface area (Å²) in [5.74, 6) is 0. The third-order valence-electron chi connectivity index (χ3n) is 1.65. The van der Waals surface area contributed by atoms with Crippen LogP contribution in [0.1, 0.15) is 11.1 Å². The zero-order chi connectivity index (χ0) is 11.3. The minimum absolute atomic E-state index is 0.465. The molecular weight excluding hydrogens is 194 g/mol. The van der Waals surface area contributed by atoms with Crippen LogP contribution in [-0.4, -0.2) is 4.92 Å². The van der Waals surface area contributed by atoms with E-state index in [0.29, 0.717) is 11.1 Å². The normalized spacial score (nSPS) is 10.1. The molecule has 0 saturated heterocycles. The average Bonchev–Trinajstić information content (AvgIpc) is 2.26. The first kappa shape index (κ1) is 10.4. The van der Waals surface area contributed by atoms with Crippen molar-refractivity contribution in [1.29, 1.82) is 10.5 Å². The fourth-order valence-electron chi connectivity index (χ4n) is 0.938. The summed E-state index contributed by atoms with van der Waals surface area (Å²) in [6, 6.07) is 9.54. The summed E-state index contributed by atoms with van der Waals surface area (Å²) in [6.45, 7) is 0. The van der Waals surface area contributed by atoms with Gasteiger partial charge >= 0.3 is 5.70 Å². The summed E-state index contributed by atoms with van der Waals surface area (Å²) < 4.78 is 0. The van der Waals surface area contributed by atoms with Crippen LogP contribution in [0.3, 0.4) is 0 Å². The van der Waals surface area contributed by atoms with E-state index in [0.717, 1.165) is 6.08 Å². The molecule has 0 fully saturated rings. The van der Waals surface area contributed by atoms with Crippen LogP contribution in [0.15, 0.2) is 30.0 Å². The zero-order valence-corrected chi connectivity index (χ0v) is 7.54. The lowest BCUT2D eigenvalue weighted by molar-refractivity contribution is -0.415. The summed E-state index contributed by atoms with van der Waals surface area (Å²) in [7, 11) is 0. The van der Waals surface area contributed by atoms with E-state index in [1.54, 1.807) is 12.1 Å². The Kier molecular flexibility index (Phi) is 3.15. The quantitative estimate of drug-likeness (QED) is 0.411. The van der Waals surface area contributed by atoms with E-state index in [1.165, 1.54) is 18.2 Å². The van der Waals surface area contributed by atoms with Gasteiger partial charge in [0.25, 0.3) is 0 Å². The standard InChI is InChI=1S/C10H5N3O2/c11-6-9-3-1-8(2-4-9)5-10(7-12)13(14)15/h1-5H/b10-5+. The van der Waals surface area contributed by atoms with Gasteiger partial charge in [-0.3, -0.25) is 10.1 Å². The monoisotopic (exact) mass is 199 g/mol. The maximum Gasteiger partial charge on any atom is 0.346 e. The Labute approximate surface area is 85.6 Å². The Morgan fingerprint density at radius 3 is 2.33 bits per heavy atom. The molecule has 0 aliphatic rings. The number of nitriles is 2. The molecule has 0 radical (unpaired) electrons. The number of benzene rings is 1. The molecule has 0 unspecified atom stereocenters. The van der Waals surface area contributed by atoms with E-state index in [4.69, 9.17) is 10.5 Å². The Morgan fingerprint density at radius 2 is 1.93 bits per heavy atom. The van der Waals surface area contributed by atoms with Crippen LogP contribution in [0, 0.1) is 32.8 Å². The first-order valence-corrected chi connectivity index (χ1v) is 3.93. The molecule has 0 bridgehead atoms. The molecule has 0 atom stereocenters. The molecule has 1 aromatic rings. The van der Waals surface area contributed by atoms with Crippen LogP contribution >= 0.6 is 0 Å². The predicted molar refractivity (Wildman–Crippen MR) is 51.7 cm³/mol. The maximum absolute atomic E-state index is 10.3. The fraction of sp³-hybridized carbons (Fsp3) is 0. The summed E-state index contributed by atoms with van der Waals surface area (Å²) in [5.41, 5.74) is 0.453. The van der Waals surface area contributed by atoms with Crippen LogP contribution in [0.5, 0.6) is 0 Å². The van der Waals surface area contributed by atoms with E-state index >= 15 is 0 Å². The van der Waals surface area contributed by atoms with Crippen LogP contribution < -0.4 is 0 Å². The van der Waals surface area contributed by atoms with Gasteiger partial charge in [-0.15, -0.1) is 0 Å². The molecule has 1 aromatic carbocycles. The summed E-state index contributed by atoms with van der Waals surface area (Å²) in [6.07, 6.45) is 1.15. The summed E-state index contributed by atoms with van der Waals surface area (Å²) in [4.78, 5) is 9.57. The van der Waals surface area contributed by atoms with Crippen LogP contribution in [-0.2, 0) is 0 Å². The number of rotatable bonds is 2. The Bertz CT molecular complexity index is 489. The maximum atomic E-state index is 10.3. The van der Waals surface area contributed by atoms with Gasteiger partial charge in [0, 0.05) is 6.08 Å². The first-order valence-electron chi connectivity index (χ1n) is 3.93. The number of nitro groups is 1. The van der Waals surface area contributed by atoms with Gasteiger partial charge in [-0.05, 0) is 17.7 Å². The molecule has 0 aliphatic carbocycles. The second-order valence-corrected chi connectivity index (χ2v) is 2.63. The lowest BCUT2D eigenvalue weighted by atomic mass is 10.1. The van der Waals surface area contributed by atoms with Gasteiger partial charge in [-0.25, -0.2) is 0 Å². The summed E-state index contributed by atoms with van der Waals surface area (Å²) in [5, 5.41) is 27.3. The molecule has 0 saturated carbocycles. The molecule has 72 valence electrons. The molecule has 0 N–H and O–H groups in total. The average molecular weight is 199 g/mol. The minimum atomic E-state index is -0.752. The molecule has 15 heavy (non-hydrogen) atoms. The lowest BCUT2D eigenvalue weighted by Gasteiger charge is -1.92. The van der Waals surface area contributed by atoms with Gasteiger partial charge in [-0.1, -0.05) is 12.1 Å². The molecule has 1 rings (SSSR count). The number of allylic oxidation sites excluding steroid dienone is 1. The zero-order valence-electron chi connectivity index (χ0n) is 7.54. The van der Waals surface area contributed by atoms with Gasteiger partial charge in [0.1, 0.15) is 0 Å². The smallest absolute Gasteiger partial charge is 0.258 e. The molecule has 0 spiro atoms. The van der Waals surface area contributed by atoms with Crippen molar-refractivity contribution in [1.82, 2.24) is 0 Å². The van der Waals surface area contributed by atoms with Crippen LogP contribution in [0.4, 0.5) is 0 Å². The van der Waals surface area contributed by atoms with Crippen LogP contribution in [0.25, 0.3) is 6.08 Å². The summed E-state index contributed by atoms with van der Waals surface area (Å²) >= 11 is 0. The number of nitrogens with zero attached hydrogens (tertiary/aromatic N) is 3. The van der Waals surface area contributed by atoms with Crippen molar-refractivity contribution in [2.75, 3.05) is 0 Å². The van der Waals surface area contributed by atoms with Crippen molar-refractivity contribution in [3.05, 3.63) is 51.2 Å². The highest BCUT2D eigenvalue weighted by Gasteiger charge is 2.07. The lowest BCUT2D eigenvalue weighted by Crippen LogP contribution is -1.94. The highest BCUT2D eigenvalue weighted by molar-refractivity contribution is 5.55. The molecule has 0 amide bonds. The Balaban J connectivity index is 3.05. The Hall–Kier alpha value is -2.66. The molecular formula is C10H5N3O2. The van der Waals surface area contributed by atoms with Gasteiger partial charge in [-0.2, -0.15) is 10.5 Å². The van der Waals surface area contributed by atoms with E-state index < -0.39 is 10.6 Å². The molecule has 0 aromatic heterocycles. The highest BCUT2D eigenvalue weighted by atomic mass is 16.6. The largest absolute Gasteiger partial charge is 0.346 e. The minimum Gasteiger partial charge on any atom is -0.258 e. The fourth-order valence-corrected chi connectivity index (χ4v) is 0.938. The van der Waals surface area contributed by atoms with Crippen molar-refractivity contribution in [2.45, 2.75) is 0 Å². The van der Waals surface area contributed by atoms with Gasteiger partial charge < -0.3 is 0 Å². The van der Waals surface area contributed by atoms with Crippen molar-refractivity contribution in [2.24, 2.45) is 0 Å². The molecule has 5 heteroatoms. The van der Waals surface area contributed by atoms with Gasteiger partial charge in [0.15, 0.2) is 6.07 Å². The molecule has 5 nitrogen and oxygen atoms in total. The van der Waals surface area contributed by atoms with E-state index in [2.05, 4.69) is 0 Å². The second kappa shape index (κ2) is 4.54. The van der Waals surface area contributed by atoms with Crippen molar-refractivity contribution >= 4 is 6.08 Å². The van der Waals surface area contributed by atoms with E-state index in [1.807, 2.05) is 6.07 Å². The van der Waals surface area contributed by atoms with E-state index in [9.17, 15) is 10.1 Å². The van der Waals surface area contributed by atoms with Gasteiger partial charge in [0.2, 0.25) is 0 Å². The third-order valence-corrected chi connectivity index (χ3v) is 1.65. The highest BCUT2D eigenvalue weighted by Crippen LogP contribution is 2.08. The molecule has 0 heterocycles. The second-order valence-electron chi connectivity index (χ2n) is 2.63. The Morgan fingerprint density at radius 1 is 1.33 bits per heavy atom. The third kappa shape index (κ3) is 2.64. The SMILES string of the molecule is N#C/C(=C\c1ccc(C#N)cc1)[N+](=O)[O-]. The number of hydrogen-bond acceptors (Lipinski definition) is 4. The van der Waals surface area contributed by atoms with E-state index in [-0.39, 0.29) is 0 Å². The predicted octanol–water partition coefficient (Wildman–Crippen LogP) is 1.70. The van der Waals surface area contributed by atoms with Crippen LogP contribution in [0.2, 0.25) is 0 Å². The topological polar surface area (TPSA) is 90.7 Å².